The zero-order valence-electron chi connectivity index (χ0n) is 13.2. The van der Waals surface area contributed by atoms with Crippen molar-refractivity contribution in [2.75, 3.05) is 27.2 Å². The lowest BCUT2D eigenvalue weighted by molar-refractivity contribution is 0.216. The number of hydrogen-bond acceptors (Lipinski definition) is 5. The van der Waals surface area contributed by atoms with Crippen molar-refractivity contribution in [1.29, 1.82) is 0 Å². The number of nitrogens with one attached hydrogen (secondary N) is 1. The Balaban J connectivity index is 0.00000176. The molecule has 1 N–H and O–H groups in total. The minimum Gasteiger partial charge on any atom is -0.497 e. The number of fused-ring (bicyclic) bond motifs is 1. The van der Waals surface area contributed by atoms with Crippen molar-refractivity contribution in [3.63, 3.8) is 0 Å². The zero-order valence-corrected chi connectivity index (χ0v) is 14.8. The second-order valence-electron chi connectivity index (χ2n) is 5.69. The number of rotatable bonds is 4. The van der Waals surface area contributed by atoms with E-state index in [1.54, 1.807) is 18.4 Å². The van der Waals surface area contributed by atoms with Crippen LogP contribution in [0.1, 0.15) is 24.3 Å². The van der Waals surface area contributed by atoms with Crippen LogP contribution in [0.4, 0.5) is 0 Å². The topological polar surface area (TPSA) is 37.4 Å². The van der Waals surface area contributed by atoms with Crippen molar-refractivity contribution in [2.45, 2.75) is 31.8 Å². The molecule has 2 heterocycles. The van der Waals surface area contributed by atoms with Crippen LogP contribution in [0.25, 0.3) is 10.2 Å². The molecule has 1 aromatic heterocycles. The van der Waals surface area contributed by atoms with Crippen molar-refractivity contribution in [2.24, 2.45) is 0 Å². The summed E-state index contributed by atoms with van der Waals surface area (Å²) in [7, 11) is 3.93. The van der Waals surface area contributed by atoms with Crippen molar-refractivity contribution in [1.82, 2.24) is 15.2 Å². The Hall–Kier alpha value is -0.880. The van der Waals surface area contributed by atoms with Gasteiger partial charge in [-0.25, -0.2) is 4.98 Å². The largest absolute Gasteiger partial charge is 0.497 e. The second-order valence-corrected chi connectivity index (χ2v) is 6.81. The molecule has 1 saturated heterocycles. The summed E-state index contributed by atoms with van der Waals surface area (Å²) in [5.41, 5.74) is 1.08. The smallest absolute Gasteiger partial charge is 0.120 e. The van der Waals surface area contributed by atoms with Gasteiger partial charge in [-0.15, -0.1) is 23.7 Å². The molecule has 0 amide bonds. The molecular weight excluding hydrogens is 318 g/mol. The molecule has 1 aliphatic heterocycles. The van der Waals surface area contributed by atoms with Crippen LogP contribution in [0.15, 0.2) is 18.2 Å². The van der Waals surface area contributed by atoms with Crippen molar-refractivity contribution >= 4 is 34.0 Å². The Morgan fingerprint density at radius 2 is 2.23 bits per heavy atom. The highest BCUT2D eigenvalue weighted by atomic mass is 35.5. The van der Waals surface area contributed by atoms with Gasteiger partial charge in [0.25, 0.3) is 0 Å². The van der Waals surface area contributed by atoms with Crippen LogP contribution in [0.2, 0.25) is 0 Å². The minimum absolute atomic E-state index is 0. The van der Waals surface area contributed by atoms with Crippen LogP contribution in [0.5, 0.6) is 5.75 Å². The van der Waals surface area contributed by atoms with Crippen LogP contribution < -0.4 is 10.1 Å². The highest BCUT2D eigenvalue weighted by molar-refractivity contribution is 7.18. The lowest BCUT2D eigenvalue weighted by atomic mass is 10.1. The van der Waals surface area contributed by atoms with Gasteiger partial charge in [0.05, 0.1) is 23.9 Å². The van der Waals surface area contributed by atoms with Gasteiger partial charge in [0.1, 0.15) is 10.8 Å². The third-order valence-electron chi connectivity index (χ3n) is 4.19. The number of aromatic nitrogens is 1. The predicted molar refractivity (Wildman–Crippen MR) is 95.4 cm³/mol. The molecule has 0 spiro atoms. The first-order valence-electron chi connectivity index (χ1n) is 7.60. The maximum Gasteiger partial charge on any atom is 0.120 e. The van der Waals surface area contributed by atoms with E-state index in [0.717, 1.165) is 30.9 Å². The standard InChI is InChI=1S/C16H23N3OS.ClH/c1-19(12-4-3-8-17-9-7-12)11-16-18-14-6-5-13(20-2)10-15(14)21-16;/h5-6,10,12,17H,3-4,7-9,11H2,1-2H3;1H. The van der Waals surface area contributed by atoms with E-state index < -0.39 is 0 Å². The summed E-state index contributed by atoms with van der Waals surface area (Å²) in [5, 5.41) is 4.67. The summed E-state index contributed by atoms with van der Waals surface area (Å²) in [5.74, 6) is 0.904. The molecule has 1 fully saturated rings. The Labute approximate surface area is 142 Å². The van der Waals surface area contributed by atoms with Gasteiger partial charge < -0.3 is 10.1 Å². The van der Waals surface area contributed by atoms with Crippen LogP contribution >= 0.6 is 23.7 Å². The molecule has 6 heteroatoms. The Kier molecular flexibility index (Phi) is 6.44. The van der Waals surface area contributed by atoms with E-state index in [-0.39, 0.29) is 12.4 Å². The van der Waals surface area contributed by atoms with Gasteiger partial charge in [0.15, 0.2) is 0 Å². The Morgan fingerprint density at radius 1 is 1.36 bits per heavy atom. The Morgan fingerprint density at radius 3 is 3.05 bits per heavy atom. The van der Waals surface area contributed by atoms with Gasteiger partial charge in [-0.1, -0.05) is 0 Å². The maximum atomic E-state index is 5.28. The van der Waals surface area contributed by atoms with Crippen molar-refractivity contribution in [3.8, 4) is 5.75 Å². The molecule has 2 aromatic rings. The van der Waals surface area contributed by atoms with Crippen molar-refractivity contribution < 1.29 is 4.74 Å². The van der Waals surface area contributed by atoms with E-state index in [9.17, 15) is 0 Å². The first-order chi connectivity index (χ1) is 10.3. The Bertz CT molecular complexity index is 596. The van der Waals surface area contributed by atoms with Gasteiger partial charge in [-0.2, -0.15) is 0 Å². The third kappa shape index (κ3) is 4.10. The predicted octanol–water partition coefficient (Wildman–Crippen LogP) is 3.30. The third-order valence-corrected chi connectivity index (χ3v) is 5.20. The van der Waals surface area contributed by atoms with E-state index in [1.807, 2.05) is 12.1 Å². The minimum atomic E-state index is 0. The number of benzene rings is 1. The summed E-state index contributed by atoms with van der Waals surface area (Å²) in [6, 6.07) is 6.77. The number of halogens is 1. The molecule has 1 atom stereocenters. The summed E-state index contributed by atoms with van der Waals surface area (Å²) in [6.07, 6.45) is 3.78. The van der Waals surface area contributed by atoms with Gasteiger partial charge in [0.2, 0.25) is 0 Å². The highest BCUT2D eigenvalue weighted by Crippen LogP contribution is 2.27. The van der Waals surface area contributed by atoms with Crippen LogP contribution in [0, 0.1) is 0 Å². The number of hydrogen-bond donors (Lipinski definition) is 1. The molecule has 1 aliphatic rings. The second kappa shape index (κ2) is 8.11. The molecule has 1 unspecified atom stereocenters. The molecule has 4 nitrogen and oxygen atoms in total. The molecule has 1 aromatic carbocycles. The lowest BCUT2D eigenvalue weighted by Crippen LogP contribution is -2.31. The fourth-order valence-corrected chi connectivity index (χ4v) is 3.99. The van der Waals surface area contributed by atoms with Crippen LogP contribution in [-0.4, -0.2) is 43.2 Å². The van der Waals surface area contributed by atoms with E-state index >= 15 is 0 Å². The van der Waals surface area contributed by atoms with Crippen molar-refractivity contribution in [3.05, 3.63) is 23.2 Å². The first-order valence-corrected chi connectivity index (χ1v) is 8.42. The summed E-state index contributed by atoms with van der Waals surface area (Å²) >= 11 is 1.78. The first kappa shape index (κ1) is 17.5. The highest BCUT2D eigenvalue weighted by Gasteiger charge is 2.18. The molecule has 22 heavy (non-hydrogen) atoms. The van der Waals surface area contributed by atoms with Crippen LogP contribution in [-0.2, 0) is 6.54 Å². The molecular formula is C16H24ClN3OS. The molecule has 3 rings (SSSR count). The van der Waals surface area contributed by atoms with Gasteiger partial charge in [-0.05, 0) is 57.6 Å². The fourth-order valence-electron chi connectivity index (χ4n) is 2.93. The fraction of sp³-hybridized carbons (Fsp3) is 0.562. The number of ether oxygens (including phenoxy) is 1. The molecule has 0 radical (unpaired) electrons. The van der Waals surface area contributed by atoms with Gasteiger partial charge >= 0.3 is 0 Å². The average molecular weight is 342 g/mol. The lowest BCUT2D eigenvalue weighted by Gasteiger charge is -2.25. The summed E-state index contributed by atoms with van der Waals surface area (Å²) in [4.78, 5) is 7.21. The normalized spacial score (nSPS) is 19.0. The van der Waals surface area contributed by atoms with Gasteiger partial charge in [0, 0.05) is 6.04 Å². The van der Waals surface area contributed by atoms with E-state index in [4.69, 9.17) is 9.72 Å². The monoisotopic (exact) mass is 341 g/mol. The van der Waals surface area contributed by atoms with E-state index in [2.05, 4.69) is 23.3 Å². The maximum absolute atomic E-state index is 5.28. The number of methoxy groups -OCH3 is 1. The van der Waals surface area contributed by atoms with Crippen LogP contribution in [0.3, 0.4) is 0 Å². The summed E-state index contributed by atoms with van der Waals surface area (Å²) < 4.78 is 6.49. The summed E-state index contributed by atoms with van der Waals surface area (Å²) in [6.45, 7) is 3.23. The molecule has 0 saturated carbocycles. The quantitative estimate of drug-likeness (QED) is 0.925. The zero-order chi connectivity index (χ0) is 14.7. The molecule has 0 aliphatic carbocycles. The van der Waals surface area contributed by atoms with E-state index in [1.165, 1.54) is 29.0 Å². The van der Waals surface area contributed by atoms with E-state index in [0.29, 0.717) is 6.04 Å². The SMILES string of the molecule is COc1ccc2nc(CN(C)C3CCCNCC3)sc2c1.Cl. The average Bonchev–Trinajstić information content (AvgIpc) is 2.71. The molecule has 0 bridgehead atoms. The molecule has 122 valence electrons. The number of thiazole rings is 1. The van der Waals surface area contributed by atoms with Gasteiger partial charge in [-0.3, -0.25) is 4.90 Å². The number of nitrogens with zero attached hydrogens (tertiary/aromatic N) is 2.